The van der Waals surface area contributed by atoms with Crippen LogP contribution in [0.3, 0.4) is 0 Å². The highest BCUT2D eigenvalue weighted by Gasteiger charge is 2.15. The molecule has 1 N–H and O–H groups in total. The molecule has 2 heterocycles. The largest absolute Gasteiger partial charge is 0.486 e. The number of amides is 1. The van der Waals surface area contributed by atoms with Crippen LogP contribution in [0.4, 0.5) is 0 Å². The van der Waals surface area contributed by atoms with Crippen LogP contribution in [0.1, 0.15) is 5.69 Å². The predicted molar refractivity (Wildman–Crippen MR) is 102 cm³/mol. The summed E-state index contributed by atoms with van der Waals surface area (Å²) in [4.78, 5) is 11.9. The minimum atomic E-state index is -0.265. The molecule has 28 heavy (non-hydrogen) atoms. The average Bonchev–Trinajstić information content (AvgIpc) is 3.20. The van der Waals surface area contributed by atoms with Crippen LogP contribution in [0.25, 0.3) is 11.3 Å². The fourth-order valence-electron chi connectivity index (χ4n) is 2.65. The maximum atomic E-state index is 11.9. The van der Waals surface area contributed by atoms with Crippen LogP contribution < -0.4 is 19.5 Å². The van der Waals surface area contributed by atoms with E-state index < -0.39 is 0 Å². The molecular formula is C20H17ClN2O5. The molecule has 3 aromatic rings. The fourth-order valence-corrected chi connectivity index (χ4v) is 2.77. The van der Waals surface area contributed by atoms with Crippen molar-refractivity contribution in [2.24, 2.45) is 0 Å². The topological polar surface area (TPSA) is 82.8 Å². The minimum absolute atomic E-state index is 0.103. The number of carbonyl (C=O) groups excluding carboxylic acids is 1. The van der Waals surface area contributed by atoms with Gasteiger partial charge in [-0.15, -0.1) is 0 Å². The van der Waals surface area contributed by atoms with Crippen LogP contribution in [0.15, 0.2) is 53.1 Å². The molecule has 0 saturated heterocycles. The Morgan fingerprint density at radius 1 is 1.07 bits per heavy atom. The lowest BCUT2D eigenvalue weighted by molar-refractivity contribution is -0.123. The standard InChI is InChI=1S/C20H17ClN2O5/c21-14-2-4-16(5-3-14)27-12-20(24)22-11-15-10-18(28-23-15)13-1-6-17-19(9-13)26-8-7-25-17/h1-6,9-10H,7-8,11-12H2,(H,22,24). The molecule has 0 saturated carbocycles. The van der Waals surface area contributed by atoms with Gasteiger partial charge in [0.15, 0.2) is 23.9 Å². The molecule has 144 valence electrons. The van der Waals surface area contributed by atoms with Crippen LogP contribution in [-0.4, -0.2) is 30.9 Å². The third-order valence-corrected chi connectivity index (χ3v) is 4.29. The van der Waals surface area contributed by atoms with Crippen molar-refractivity contribution in [2.75, 3.05) is 19.8 Å². The number of hydrogen-bond donors (Lipinski definition) is 1. The summed E-state index contributed by atoms with van der Waals surface area (Å²) in [5, 5.41) is 7.33. The second-order valence-corrected chi connectivity index (χ2v) is 6.50. The maximum absolute atomic E-state index is 11.9. The number of nitrogens with one attached hydrogen (secondary N) is 1. The third-order valence-electron chi connectivity index (χ3n) is 4.04. The number of halogens is 1. The first-order valence-corrected chi connectivity index (χ1v) is 9.06. The zero-order valence-electron chi connectivity index (χ0n) is 14.8. The van der Waals surface area contributed by atoms with Gasteiger partial charge in [0.25, 0.3) is 5.91 Å². The van der Waals surface area contributed by atoms with Crippen molar-refractivity contribution in [1.29, 1.82) is 0 Å². The summed E-state index contributed by atoms with van der Waals surface area (Å²) in [6, 6.07) is 14.1. The molecule has 1 aliphatic rings. The Balaban J connectivity index is 1.31. The van der Waals surface area contributed by atoms with Gasteiger partial charge in [-0.1, -0.05) is 16.8 Å². The Kier molecular flexibility index (Phi) is 5.34. The van der Waals surface area contributed by atoms with Crippen molar-refractivity contribution in [3.63, 3.8) is 0 Å². The smallest absolute Gasteiger partial charge is 0.258 e. The normalized spacial score (nSPS) is 12.5. The van der Waals surface area contributed by atoms with Crippen molar-refractivity contribution < 1.29 is 23.5 Å². The average molecular weight is 401 g/mol. The van der Waals surface area contributed by atoms with Crippen molar-refractivity contribution in [2.45, 2.75) is 6.54 Å². The molecule has 4 rings (SSSR count). The number of ether oxygens (including phenoxy) is 3. The summed E-state index contributed by atoms with van der Waals surface area (Å²) >= 11 is 5.81. The second-order valence-electron chi connectivity index (χ2n) is 6.06. The van der Waals surface area contributed by atoms with Crippen LogP contribution in [0.2, 0.25) is 5.02 Å². The van der Waals surface area contributed by atoms with Crippen molar-refractivity contribution in [3.05, 3.63) is 59.2 Å². The predicted octanol–water partition coefficient (Wildman–Crippen LogP) is 3.46. The Bertz CT molecular complexity index is 971. The van der Waals surface area contributed by atoms with Gasteiger partial charge in [0.2, 0.25) is 0 Å². The third kappa shape index (κ3) is 4.37. The van der Waals surface area contributed by atoms with E-state index in [9.17, 15) is 4.79 Å². The van der Waals surface area contributed by atoms with Gasteiger partial charge in [-0.25, -0.2) is 0 Å². The zero-order chi connectivity index (χ0) is 19.3. The summed E-state index contributed by atoms with van der Waals surface area (Å²) < 4.78 is 21.9. The molecule has 1 amide bonds. The summed E-state index contributed by atoms with van der Waals surface area (Å²) in [7, 11) is 0. The SMILES string of the molecule is O=C(COc1ccc(Cl)cc1)NCc1cc(-c2ccc3c(c2)OCCO3)on1. The van der Waals surface area contributed by atoms with Gasteiger partial charge in [0.05, 0.1) is 6.54 Å². The first-order chi connectivity index (χ1) is 13.7. The molecule has 0 aliphatic carbocycles. The number of hydrogen-bond acceptors (Lipinski definition) is 6. The Morgan fingerprint density at radius 3 is 2.68 bits per heavy atom. The Labute approximate surface area is 166 Å². The van der Waals surface area contributed by atoms with Gasteiger partial charge in [-0.3, -0.25) is 4.79 Å². The summed E-state index contributed by atoms with van der Waals surface area (Å²) in [6.45, 7) is 1.19. The summed E-state index contributed by atoms with van der Waals surface area (Å²) in [5.41, 5.74) is 1.42. The van der Waals surface area contributed by atoms with Crippen LogP contribution in [0, 0.1) is 0 Å². The first kappa shape index (κ1) is 18.2. The van der Waals surface area contributed by atoms with Crippen LogP contribution >= 0.6 is 11.6 Å². The van der Waals surface area contributed by atoms with E-state index in [4.69, 9.17) is 30.3 Å². The highest BCUT2D eigenvalue weighted by atomic mass is 35.5. The van der Waals surface area contributed by atoms with Crippen LogP contribution in [-0.2, 0) is 11.3 Å². The molecule has 0 unspecified atom stereocenters. The molecule has 1 aromatic heterocycles. The lowest BCUT2D eigenvalue weighted by Crippen LogP contribution is -2.28. The first-order valence-electron chi connectivity index (χ1n) is 8.68. The molecule has 0 spiro atoms. The Hall–Kier alpha value is -3.19. The van der Waals surface area contributed by atoms with Crippen molar-refractivity contribution in [1.82, 2.24) is 10.5 Å². The molecule has 1 aliphatic heterocycles. The number of carbonyl (C=O) groups is 1. The molecule has 0 fully saturated rings. The number of rotatable bonds is 6. The van der Waals surface area contributed by atoms with E-state index in [0.29, 0.717) is 46.9 Å². The molecule has 0 bridgehead atoms. The van der Waals surface area contributed by atoms with Gasteiger partial charge >= 0.3 is 0 Å². The fraction of sp³-hybridized carbons (Fsp3) is 0.200. The quantitative estimate of drug-likeness (QED) is 0.682. The highest BCUT2D eigenvalue weighted by Crippen LogP contribution is 2.34. The molecule has 8 heteroatoms. The van der Waals surface area contributed by atoms with Gasteiger partial charge in [-0.05, 0) is 42.5 Å². The lowest BCUT2D eigenvalue weighted by Gasteiger charge is -2.18. The summed E-state index contributed by atoms with van der Waals surface area (Å²) in [6.07, 6.45) is 0. The van der Waals surface area contributed by atoms with Gasteiger partial charge in [0.1, 0.15) is 24.7 Å². The van der Waals surface area contributed by atoms with E-state index in [1.54, 1.807) is 30.3 Å². The van der Waals surface area contributed by atoms with Gasteiger partial charge in [-0.2, -0.15) is 0 Å². The minimum Gasteiger partial charge on any atom is -0.486 e. The van der Waals surface area contributed by atoms with Gasteiger partial charge in [0, 0.05) is 16.7 Å². The molecule has 7 nitrogen and oxygen atoms in total. The van der Waals surface area contributed by atoms with Crippen LogP contribution in [0.5, 0.6) is 17.2 Å². The van der Waals surface area contributed by atoms with Crippen molar-refractivity contribution in [3.8, 4) is 28.6 Å². The lowest BCUT2D eigenvalue weighted by atomic mass is 10.1. The van der Waals surface area contributed by atoms with E-state index in [-0.39, 0.29) is 19.1 Å². The number of nitrogens with zero attached hydrogens (tertiary/aromatic N) is 1. The van der Waals surface area contributed by atoms with E-state index in [1.807, 2.05) is 18.2 Å². The maximum Gasteiger partial charge on any atom is 0.258 e. The van der Waals surface area contributed by atoms with E-state index >= 15 is 0 Å². The monoisotopic (exact) mass is 400 g/mol. The second kappa shape index (κ2) is 8.22. The number of fused-ring (bicyclic) bond motifs is 1. The molecule has 0 atom stereocenters. The zero-order valence-corrected chi connectivity index (χ0v) is 15.6. The Morgan fingerprint density at radius 2 is 1.86 bits per heavy atom. The molecule has 2 aromatic carbocycles. The van der Waals surface area contributed by atoms with E-state index in [2.05, 4.69) is 10.5 Å². The number of aromatic nitrogens is 1. The molecular weight excluding hydrogens is 384 g/mol. The number of benzene rings is 2. The summed E-state index contributed by atoms with van der Waals surface area (Å²) in [5.74, 6) is 2.27. The van der Waals surface area contributed by atoms with E-state index in [1.165, 1.54) is 0 Å². The molecule has 0 radical (unpaired) electrons. The van der Waals surface area contributed by atoms with Gasteiger partial charge < -0.3 is 24.1 Å². The van der Waals surface area contributed by atoms with Crippen molar-refractivity contribution >= 4 is 17.5 Å². The van der Waals surface area contributed by atoms with E-state index in [0.717, 1.165) is 5.56 Å². The highest BCUT2D eigenvalue weighted by molar-refractivity contribution is 6.30.